The van der Waals surface area contributed by atoms with Crippen LogP contribution < -0.4 is 4.74 Å². The fourth-order valence-electron chi connectivity index (χ4n) is 3.41. The molecule has 0 aliphatic rings. The summed E-state index contributed by atoms with van der Waals surface area (Å²) in [6.07, 6.45) is 0.444. The number of aromatic amines is 1. The van der Waals surface area contributed by atoms with E-state index in [0.717, 1.165) is 33.5 Å². The van der Waals surface area contributed by atoms with Crippen molar-refractivity contribution in [3.8, 4) is 23.1 Å². The second kappa shape index (κ2) is 7.49. The van der Waals surface area contributed by atoms with Gasteiger partial charge in [-0.2, -0.15) is 5.26 Å². The molecule has 0 atom stereocenters. The average molecular weight is 383 g/mol. The van der Waals surface area contributed by atoms with Crippen molar-refractivity contribution in [1.29, 1.82) is 5.26 Å². The SMILES string of the molecule is COc1ccc2c(Cc3cccc(C(=O)O)n3)c(-c3cccc(C#N)c3)[nH]c2c1. The number of methoxy groups -OCH3 is 1. The van der Waals surface area contributed by atoms with E-state index in [4.69, 9.17) is 4.74 Å². The van der Waals surface area contributed by atoms with E-state index in [2.05, 4.69) is 16.0 Å². The molecule has 0 aliphatic heterocycles. The van der Waals surface area contributed by atoms with E-state index >= 15 is 0 Å². The van der Waals surface area contributed by atoms with E-state index < -0.39 is 5.97 Å². The van der Waals surface area contributed by atoms with Crippen LogP contribution in [0.3, 0.4) is 0 Å². The highest BCUT2D eigenvalue weighted by molar-refractivity contribution is 5.92. The standard InChI is InChI=1S/C23H17N3O3/c1-29-17-8-9-18-19(11-16-6-3-7-20(25-16)23(27)28)22(26-21(18)12-17)15-5-2-4-14(10-15)13-24/h2-10,12,26H,11H2,1H3,(H,27,28). The molecular formula is C23H17N3O3. The Balaban J connectivity index is 1.89. The van der Waals surface area contributed by atoms with Gasteiger partial charge >= 0.3 is 5.97 Å². The molecule has 6 nitrogen and oxygen atoms in total. The summed E-state index contributed by atoms with van der Waals surface area (Å²) in [7, 11) is 1.61. The van der Waals surface area contributed by atoms with E-state index in [9.17, 15) is 15.2 Å². The number of ether oxygens (including phenoxy) is 1. The minimum Gasteiger partial charge on any atom is -0.497 e. The molecule has 0 amide bonds. The molecule has 0 spiro atoms. The van der Waals surface area contributed by atoms with Crippen molar-refractivity contribution in [2.75, 3.05) is 7.11 Å². The lowest BCUT2D eigenvalue weighted by atomic mass is 9.99. The van der Waals surface area contributed by atoms with Crippen LogP contribution in [0, 0.1) is 11.3 Å². The highest BCUT2D eigenvalue weighted by atomic mass is 16.5. The van der Waals surface area contributed by atoms with Gasteiger partial charge in [-0.25, -0.2) is 9.78 Å². The lowest BCUT2D eigenvalue weighted by molar-refractivity contribution is 0.0690. The number of aromatic carboxylic acids is 1. The summed E-state index contributed by atoms with van der Waals surface area (Å²) in [5.74, 6) is -0.328. The lowest BCUT2D eigenvalue weighted by Gasteiger charge is -2.07. The smallest absolute Gasteiger partial charge is 0.354 e. The van der Waals surface area contributed by atoms with E-state index in [1.165, 1.54) is 6.07 Å². The molecule has 0 bridgehead atoms. The first-order valence-electron chi connectivity index (χ1n) is 8.97. The molecule has 2 heterocycles. The summed E-state index contributed by atoms with van der Waals surface area (Å²) < 4.78 is 5.33. The van der Waals surface area contributed by atoms with Gasteiger partial charge in [-0.05, 0) is 47.5 Å². The maximum absolute atomic E-state index is 11.3. The molecule has 0 radical (unpaired) electrons. The van der Waals surface area contributed by atoms with Crippen molar-refractivity contribution in [1.82, 2.24) is 9.97 Å². The number of aromatic nitrogens is 2. The number of H-pyrrole nitrogens is 1. The average Bonchev–Trinajstić information content (AvgIpc) is 3.11. The number of nitrogens with one attached hydrogen (secondary N) is 1. The number of carboxylic acid groups (broad SMARTS) is 1. The largest absolute Gasteiger partial charge is 0.497 e. The summed E-state index contributed by atoms with van der Waals surface area (Å²) in [5.41, 5.74) is 4.85. The number of benzene rings is 2. The number of rotatable bonds is 5. The molecule has 6 heteroatoms. The Labute approximate surface area is 167 Å². The lowest BCUT2D eigenvalue weighted by Crippen LogP contribution is -2.03. The Morgan fingerprint density at radius 1 is 1.17 bits per heavy atom. The molecule has 2 aromatic heterocycles. The van der Waals surface area contributed by atoms with E-state index in [1.807, 2.05) is 42.5 Å². The molecule has 0 saturated carbocycles. The number of fused-ring (bicyclic) bond motifs is 1. The van der Waals surface area contributed by atoms with Crippen molar-refractivity contribution in [3.05, 3.63) is 83.2 Å². The molecule has 29 heavy (non-hydrogen) atoms. The number of carbonyl (C=O) groups is 1. The number of hydrogen-bond acceptors (Lipinski definition) is 4. The molecule has 4 rings (SSSR count). The van der Waals surface area contributed by atoms with Gasteiger partial charge in [0.2, 0.25) is 0 Å². The molecule has 142 valence electrons. The molecule has 2 aromatic carbocycles. The van der Waals surface area contributed by atoms with E-state index in [1.54, 1.807) is 19.2 Å². The first kappa shape index (κ1) is 18.3. The number of carboxylic acids is 1. The fourth-order valence-corrected chi connectivity index (χ4v) is 3.41. The Kier molecular flexibility index (Phi) is 4.71. The zero-order valence-corrected chi connectivity index (χ0v) is 15.6. The molecule has 0 aliphatic carbocycles. The Bertz CT molecular complexity index is 1270. The van der Waals surface area contributed by atoms with E-state index in [-0.39, 0.29) is 5.69 Å². The monoisotopic (exact) mass is 383 g/mol. The zero-order chi connectivity index (χ0) is 20.4. The van der Waals surface area contributed by atoms with Gasteiger partial charge in [-0.3, -0.25) is 0 Å². The second-order valence-electron chi connectivity index (χ2n) is 6.58. The third-order valence-electron chi connectivity index (χ3n) is 4.78. The highest BCUT2D eigenvalue weighted by Crippen LogP contribution is 2.34. The number of hydrogen-bond donors (Lipinski definition) is 2. The molecule has 4 aromatic rings. The minimum atomic E-state index is -1.06. The molecule has 0 fully saturated rings. The van der Waals surface area contributed by atoms with Crippen LogP contribution in [0.15, 0.2) is 60.7 Å². The topological polar surface area (TPSA) is 99.0 Å². The van der Waals surface area contributed by atoms with Crippen LogP contribution in [0.1, 0.15) is 27.3 Å². The van der Waals surface area contributed by atoms with Gasteiger partial charge in [0.1, 0.15) is 11.4 Å². The van der Waals surface area contributed by atoms with Crippen molar-refractivity contribution in [2.45, 2.75) is 6.42 Å². The van der Waals surface area contributed by atoms with Crippen molar-refractivity contribution >= 4 is 16.9 Å². The second-order valence-corrected chi connectivity index (χ2v) is 6.58. The van der Waals surface area contributed by atoms with Crippen molar-refractivity contribution in [2.24, 2.45) is 0 Å². The normalized spacial score (nSPS) is 10.6. The summed E-state index contributed by atoms with van der Waals surface area (Å²) in [5, 5.41) is 19.5. The van der Waals surface area contributed by atoms with Crippen LogP contribution in [0.5, 0.6) is 5.75 Å². The summed E-state index contributed by atoms with van der Waals surface area (Å²) in [6, 6.07) is 20.3. The first-order valence-corrected chi connectivity index (χ1v) is 8.97. The van der Waals surface area contributed by atoms with Crippen LogP contribution in [0.2, 0.25) is 0 Å². The zero-order valence-electron chi connectivity index (χ0n) is 15.6. The molecular weight excluding hydrogens is 366 g/mol. The third-order valence-corrected chi connectivity index (χ3v) is 4.78. The van der Waals surface area contributed by atoms with Crippen LogP contribution in [-0.4, -0.2) is 28.2 Å². The summed E-state index contributed by atoms with van der Waals surface area (Å²) in [6.45, 7) is 0. The molecule has 0 unspecified atom stereocenters. The quantitative estimate of drug-likeness (QED) is 0.532. The first-order chi connectivity index (χ1) is 14.1. The fraction of sp³-hybridized carbons (Fsp3) is 0.0870. The van der Waals surface area contributed by atoms with Crippen LogP contribution in [0.25, 0.3) is 22.2 Å². The van der Waals surface area contributed by atoms with E-state index in [0.29, 0.717) is 17.7 Å². The number of nitriles is 1. The van der Waals surface area contributed by atoms with Crippen molar-refractivity contribution in [3.63, 3.8) is 0 Å². The number of pyridine rings is 1. The maximum atomic E-state index is 11.3. The molecule has 2 N–H and O–H groups in total. The van der Waals surface area contributed by atoms with Gasteiger partial charge in [-0.15, -0.1) is 0 Å². The number of nitrogens with zero attached hydrogens (tertiary/aromatic N) is 2. The van der Waals surface area contributed by atoms with Crippen LogP contribution in [0.4, 0.5) is 0 Å². The van der Waals surface area contributed by atoms with Crippen LogP contribution >= 0.6 is 0 Å². The minimum absolute atomic E-state index is 0.0111. The predicted octanol–water partition coefficient (Wildman–Crippen LogP) is 4.40. The van der Waals surface area contributed by atoms with Gasteiger partial charge in [0.25, 0.3) is 0 Å². The summed E-state index contributed by atoms with van der Waals surface area (Å²) >= 11 is 0. The molecule has 0 saturated heterocycles. The predicted molar refractivity (Wildman–Crippen MR) is 109 cm³/mol. The van der Waals surface area contributed by atoms with Gasteiger partial charge in [0.05, 0.1) is 24.4 Å². The van der Waals surface area contributed by atoms with Gasteiger partial charge in [0, 0.05) is 29.1 Å². The van der Waals surface area contributed by atoms with Crippen molar-refractivity contribution < 1.29 is 14.6 Å². The Morgan fingerprint density at radius 3 is 2.76 bits per heavy atom. The summed E-state index contributed by atoms with van der Waals surface area (Å²) in [4.78, 5) is 19.0. The third kappa shape index (κ3) is 3.54. The van der Waals surface area contributed by atoms with Gasteiger partial charge < -0.3 is 14.8 Å². The Hall–Kier alpha value is -4.11. The Morgan fingerprint density at radius 2 is 2.00 bits per heavy atom. The highest BCUT2D eigenvalue weighted by Gasteiger charge is 2.16. The van der Waals surface area contributed by atoms with Crippen LogP contribution in [-0.2, 0) is 6.42 Å². The maximum Gasteiger partial charge on any atom is 0.354 e. The van der Waals surface area contributed by atoms with Gasteiger partial charge in [-0.1, -0.05) is 18.2 Å². The van der Waals surface area contributed by atoms with Gasteiger partial charge in [0.15, 0.2) is 0 Å².